The predicted molar refractivity (Wildman–Crippen MR) is 80.6 cm³/mol. The van der Waals surface area contributed by atoms with Crippen LogP contribution in [0.4, 0.5) is 0 Å². The lowest BCUT2D eigenvalue weighted by Crippen LogP contribution is -2.17. The van der Waals surface area contributed by atoms with E-state index in [1.54, 1.807) is 7.11 Å². The van der Waals surface area contributed by atoms with Gasteiger partial charge in [-0.25, -0.2) is 0 Å². The third kappa shape index (κ3) is 3.25. The number of methoxy groups -OCH3 is 1. The Kier molecular flexibility index (Phi) is 4.77. The molecular weight excluding hydrogens is 236 g/mol. The van der Waals surface area contributed by atoms with E-state index in [0.29, 0.717) is 6.04 Å². The van der Waals surface area contributed by atoms with Crippen molar-refractivity contribution in [3.05, 3.63) is 42.0 Å². The highest BCUT2D eigenvalue weighted by atomic mass is 16.5. The van der Waals surface area contributed by atoms with Gasteiger partial charge in [-0.1, -0.05) is 18.2 Å². The van der Waals surface area contributed by atoms with E-state index >= 15 is 0 Å². The molecule has 0 aromatic heterocycles. The first-order chi connectivity index (χ1) is 9.28. The van der Waals surface area contributed by atoms with E-state index in [4.69, 9.17) is 10.5 Å². The molecule has 2 aromatic carbocycles. The van der Waals surface area contributed by atoms with Gasteiger partial charge in [-0.05, 0) is 61.0 Å². The van der Waals surface area contributed by atoms with E-state index in [1.165, 1.54) is 16.3 Å². The molecule has 0 fully saturated rings. The average molecular weight is 258 g/mol. The summed E-state index contributed by atoms with van der Waals surface area (Å²) < 4.78 is 5.25. The summed E-state index contributed by atoms with van der Waals surface area (Å²) in [6.07, 6.45) is 2.10. The zero-order valence-corrected chi connectivity index (χ0v) is 11.6. The SMILES string of the molecule is CNC(CCCN)c1ccc2cc(OC)ccc2c1. The van der Waals surface area contributed by atoms with Gasteiger partial charge >= 0.3 is 0 Å². The molecule has 0 radical (unpaired) electrons. The minimum absolute atomic E-state index is 0.370. The molecule has 0 spiro atoms. The monoisotopic (exact) mass is 258 g/mol. The van der Waals surface area contributed by atoms with Gasteiger partial charge in [0.25, 0.3) is 0 Å². The maximum absolute atomic E-state index is 5.59. The minimum Gasteiger partial charge on any atom is -0.497 e. The van der Waals surface area contributed by atoms with Crippen LogP contribution in [-0.2, 0) is 0 Å². The third-order valence-corrected chi connectivity index (χ3v) is 3.52. The number of hydrogen-bond acceptors (Lipinski definition) is 3. The summed E-state index contributed by atoms with van der Waals surface area (Å²) in [7, 11) is 3.69. The zero-order valence-electron chi connectivity index (χ0n) is 11.6. The number of rotatable bonds is 6. The number of nitrogens with two attached hydrogens (primary N) is 1. The Bertz CT molecular complexity index is 539. The van der Waals surface area contributed by atoms with Crippen LogP contribution in [-0.4, -0.2) is 20.7 Å². The number of hydrogen-bond donors (Lipinski definition) is 2. The summed E-state index contributed by atoms with van der Waals surface area (Å²) in [6.45, 7) is 0.739. The fraction of sp³-hybridized carbons (Fsp3) is 0.375. The first kappa shape index (κ1) is 13.8. The lowest BCUT2D eigenvalue weighted by atomic mass is 9.98. The largest absolute Gasteiger partial charge is 0.497 e. The van der Waals surface area contributed by atoms with Crippen LogP contribution in [0.15, 0.2) is 36.4 Å². The maximum atomic E-state index is 5.59. The van der Waals surface area contributed by atoms with Crippen LogP contribution >= 0.6 is 0 Å². The van der Waals surface area contributed by atoms with Crippen LogP contribution in [0.1, 0.15) is 24.4 Å². The van der Waals surface area contributed by atoms with Crippen molar-refractivity contribution in [2.24, 2.45) is 5.73 Å². The summed E-state index contributed by atoms with van der Waals surface area (Å²) >= 11 is 0. The number of benzene rings is 2. The van der Waals surface area contributed by atoms with Crippen LogP contribution in [0.25, 0.3) is 10.8 Å². The molecule has 0 aliphatic heterocycles. The molecule has 3 heteroatoms. The molecule has 102 valence electrons. The van der Waals surface area contributed by atoms with E-state index in [9.17, 15) is 0 Å². The highest BCUT2D eigenvalue weighted by Crippen LogP contribution is 2.25. The summed E-state index contributed by atoms with van der Waals surface area (Å²) in [5.74, 6) is 0.897. The molecule has 0 aliphatic carbocycles. The molecule has 0 bridgehead atoms. The molecule has 3 nitrogen and oxygen atoms in total. The Hall–Kier alpha value is -1.58. The van der Waals surface area contributed by atoms with Crippen molar-refractivity contribution in [3.63, 3.8) is 0 Å². The van der Waals surface area contributed by atoms with E-state index in [-0.39, 0.29) is 0 Å². The molecule has 0 amide bonds. The average Bonchev–Trinajstić information content (AvgIpc) is 2.47. The van der Waals surface area contributed by atoms with E-state index in [0.717, 1.165) is 25.1 Å². The highest BCUT2D eigenvalue weighted by molar-refractivity contribution is 5.84. The van der Waals surface area contributed by atoms with Gasteiger partial charge in [0.15, 0.2) is 0 Å². The van der Waals surface area contributed by atoms with Crippen molar-refractivity contribution in [1.29, 1.82) is 0 Å². The van der Waals surface area contributed by atoms with Crippen molar-refractivity contribution >= 4 is 10.8 Å². The molecule has 0 aliphatic rings. The first-order valence-corrected chi connectivity index (χ1v) is 6.73. The van der Waals surface area contributed by atoms with Crippen LogP contribution in [0.3, 0.4) is 0 Å². The molecule has 3 N–H and O–H groups in total. The quantitative estimate of drug-likeness (QED) is 0.837. The second-order valence-corrected chi connectivity index (χ2v) is 4.74. The van der Waals surface area contributed by atoms with Crippen molar-refractivity contribution in [1.82, 2.24) is 5.32 Å². The highest BCUT2D eigenvalue weighted by Gasteiger charge is 2.09. The second-order valence-electron chi connectivity index (χ2n) is 4.74. The molecule has 0 heterocycles. The first-order valence-electron chi connectivity index (χ1n) is 6.73. The van der Waals surface area contributed by atoms with Crippen molar-refractivity contribution in [2.45, 2.75) is 18.9 Å². The Morgan fingerprint density at radius 2 is 1.89 bits per heavy atom. The van der Waals surface area contributed by atoms with Crippen LogP contribution < -0.4 is 15.8 Å². The summed E-state index contributed by atoms with van der Waals surface area (Å²) in [6, 6.07) is 13.1. The number of nitrogens with one attached hydrogen (secondary N) is 1. The van der Waals surface area contributed by atoms with Gasteiger partial charge in [-0.3, -0.25) is 0 Å². The van der Waals surface area contributed by atoms with Gasteiger partial charge in [-0.15, -0.1) is 0 Å². The summed E-state index contributed by atoms with van der Waals surface area (Å²) in [5.41, 5.74) is 6.90. The van der Waals surface area contributed by atoms with Gasteiger partial charge in [0.2, 0.25) is 0 Å². The molecule has 1 atom stereocenters. The summed E-state index contributed by atoms with van der Waals surface area (Å²) in [4.78, 5) is 0. The fourth-order valence-electron chi connectivity index (χ4n) is 2.39. The van der Waals surface area contributed by atoms with Crippen LogP contribution in [0.5, 0.6) is 5.75 Å². The van der Waals surface area contributed by atoms with Gasteiger partial charge in [-0.2, -0.15) is 0 Å². The molecule has 2 rings (SSSR count). The van der Waals surface area contributed by atoms with Crippen molar-refractivity contribution < 1.29 is 4.74 Å². The Morgan fingerprint density at radius 3 is 2.58 bits per heavy atom. The second kappa shape index (κ2) is 6.55. The topological polar surface area (TPSA) is 47.3 Å². The molecule has 19 heavy (non-hydrogen) atoms. The molecular formula is C16H22N2O. The lowest BCUT2D eigenvalue weighted by molar-refractivity contribution is 0.415. The van der Waals surface area contributed by atoms with E-state index in [2.05, 4.69) is 35.6 Å². The number of ether oxygens (including phenoxy) is 1. The molecule has 0 saturated carbocycles. The molecule has 0 saturated heterocycles. The van der Waals surface area contributed by atoms with E-state index in [1.807, 2.05) is 13.1 Å². The van der Waals surface area contributed by atoms with E-state index < -0.39 is 0 Å². The van der Waals surface area contributed by atoms with Gasteiger partial charge < -0.3 is 15.8 Å². The molecule has 2 aromatic rings. The normalized spacial score (nSPS) is 12.6. The predicted octanol–water partition coefficient (Wildman–Crippen LogP) is 2.85. The maximum Gasteiger partial charge on any atom is 0.119 e. The standard InChI is InChI=1S/C16H22N2O/c1-18-16(4-3-9-17)14-6-5-13-11-15(19-2)8-7-12(13)10-14/h5-8,10-11,16,18H,3-4,9,17H2,1-2H3. The van der Waals surface area contributed by atoms with Gasteiger partial charge in [0.05, 0.1) is 7.11 Å². The zero-order chi connectivity index (χ0) is 13.7. The lowest BCUT2D eigenvalue weighted by Gasteiger charge is -2.17. The Labute approximate surface area is 114 Å². The third-order valence-electron chi connectivity index (χ3n) is 3.52. The Balaban J connectivity index is 2.29. The summed E-state index contributed by atoms with van der Waals surface area (Å²) in [5, 5.41) is 5.81. The van der Waals surface area contributed by atoms with Gasteiger partial charge in [0.1, 0.15) is 5.75 Å². The van der Waals surface area contributed by atoms with Gasteiger partial charge in [0, 0.05) is 6.04 Å². The fourth-order valence-corrected chi connectivity index (χ4v) is 2.39. The minimum atomic E-state index is 0.370. The Morgan fingerprint density at radius 1 is 1.16 bits per heavy atom. The molecule has 1 unspecified atom stereocenters. The van der Waals surface area contributed by atoms with Crippen molar-refractivity contribution in [3.8, 4) is 5.75 Å². The number of fused-ring (bicyclic) bond motifs is 1. The van der Waals surface area contributed by atoms with Crippen LogP contribution in [0, 0.1) is 0 Å². The van der Waals surface area contributed by atoms with Crippen molar-refractivity contribution in [2.75, 3.05) is 20.7 Å². The van der Waals surface area contributed by atoms with Crippen LogP contribution in [0.2, 0.25) is 0 Å². The smallest absolute Gasteiger partial charge is 0.119 e.